The highest BCUT2D eigenvalue weighted by Gasteiger charge is 2.42. The zero-order valence-corrected chi connectivity index (χ0v) is 12.6. The summed E-state index contributed by atoms with van der Waals surface area (Å²) in [5.41, 5.74) is -0.657. The van der Waals surface area contributed by atoms with E-state index >= 15 is 0 Å². The summed E-state index contributed by atoms with van der Waals surface area (Å²) in [5, 5.41) is 13.2. The predicted octanol–water partition coefficient (Wildman–Crippen LogP) is 2.28. The lowest BCUT2D eigenvalue weighted by Gasteiger charge is -2.25. The van der Waals surface area contributed by atoms with Crippen molar-refractivity contribution in [3.05, 3.63) is 16.1 Å². The van der Waals surface area contributed by atoms with Crippen LogP contribution in [-0.2, 0) is 10.3 Å². The van der Waals surface area contributed by atoms with E-state index < -0.39 is 11.2 Å². The Morgan fingerprint density at radius 1 is 1.58 bits per heavy atom. The van der Waals surface area contributed by atoms with Gasteiger partial charge in [-0.2, -0.15) is 0 Å². The van der Waals surface area contributed by atoms with E-state index in [4.69, 9.17) is 4.74 Å². The highest BCUT2D eigenvalue weighted by molar-refractivity contribution is 7.09. The fourth-order valence-electron chi connectivity index (χ4n) is 2.02. The van der Waals surface area contributed by atoms with Crippen molar-refractivity contribution in [1.82, 2.24) is 9.88 Å². The molecule has 1 unspecified atom stereocenters. The number of aryl methyl sites for hydroxylation is 1. The van der Waals surface area contributed by atoms with Crippen molar-refractivity contribution in [3.8, 4) is 0 Å². The number of nitrogens with zero attached hydrogens (tertiary/aromatic N) is 2. The molecule has 0 aromatic carbocycles. The van der Waals surface area contributed by atoms with Gasteiger partial charge < -0.3 is 14.7 Å². The molecule has 1 aliphatic rings. The Bertz CT molecular complexity index is 480. The number of aliphatic hydroxyl groups is 1. The first kappa shape index (κ1) is 14.3. The third-order valence-electron chi connectivity index (χ3n) is 2.92. The summed E-state index contributed by atoms with van der Waals surface area (Å²) in [6.45, 7) is 8.12. The number of hydrogen-bond donors (Lipinski definition) is 1. The molecule has 1 fully saturated rings. The Hall–Kier alpha value is -1.14. The molecule has 6 heteroatoms. The van der Waals surface area contributed by atoms with Crippen LogP contribution >= 0.6 is 11.3 Å². The molecular formula is C13H20N2O3S. The minimum atomic E-state index is -1.03. The lowest BCUT2D eigenvalue weighted by Crippen LogP contribution is -2.38. The molecular weight excluding hydrogens is 264 g/mol. The standard InChI is InChI=1S/C13H20N2O3S/c1-9-7-19-10(14-9)13(17)5-6-15(8-13)11(16)18-12(2,3)4/h7,17H,5-6,8H2,1-4H3. The smallest absolute Gasteiger partial charge is 0.410 e. The van der Waals surface area contributed by atoms with Crippen LogP contribution in [0.2, 0.25) is 0 Å². The van der Waals surface area contributed by atoms with Crippen LogP contribution in [0, 0.1) is 6.92 Å². The quantitative estimate of drug-likeness (QED) is 0.859. The summed E-state index contributed by atoms with van der Waals surface area (Å²) in [5.74, 6) is 0. The highest BCUT2D eigenvalue weighted by atomic mass is 32.1. The van der Waals surface area contributed by atoms with Crippen molar-refractivity contribution >= 4 is 17.4 Å². The van der Waals surface area contributed by atoms with Crippen molar-refractivity contribution < 1.29 is 14.6 Å². The molecule has 106 valence electrons. The largest absolute Gasteiger partial charge is 0.444 e. The van der Waals surface area contributed by atoms with Crippen molar-refractivity contribution in [1.29, 1.82) is 0 Å². The first-order chi connectivity index (χ1) is 8.70. The third-order valence-corrected chi connectivity index (χ3v) is 4.07. The molecule has 1 saturated heterocycles. The first-order valence-corrected chi connectivity index (χ1v) is 7.20. The second-order valence-corrected chi connectivity index (χ2v) is 6.84. The number of rotatable bonds is 1. The predicted molar refractivity (Wildman–Crippen MR) is 73.2 cm³/mol. The monoisotopic (exact) mass is 284 g/mol. The third kappa shape index (κ3) is 3.25. The average Bonchev–Trinajstić information content (AvgIpc) is 2.83. The molecule has 0 radical (unpaired) electrons. The number of thiazole rings is 1. The minimum Gasteiger partial charge on any atom is -0.444 e. The first-order valence-electron chi connectivity index (χ1n) is 6.32. The second kappa shape index (κ2) is 4.76. The molecule has 19 heavy (non-hydrogen) atoms. The molecule has 0 spiro atoms. The van der Waals surface area contributed by atoms with Gasteiger partial charge in [0.1, 0.15) is 16.2 Å². The zero-order valence-electron chi connectivity index (χ0n) is 11.8. The van der Waals surface area contributed by atoms with Gasteiger partial charge in [0.25, 0.3) is 0 Å². The summed E-state index contributed by atoms with van der Waals surface area (Å²) >= 11 is 1.43. The van der Waals surface area contributed by atoms with E-state index in [9.17, 15) is 9.90 Å². The molecule has 0 saturated carbocycles. The molecule has 1 N–H and O–H groups in total. The average molecular weight is 284 g/mol. The Labute approximate surface area is 117 Å². The normalized spacial score (nSPS) is 23.7. The van der Waals surface area contributed by atoms with Gasteiger partial charge in [0, 0.05) is 24.0 Å². The van der Waals surface area contributed by atoms with Gasteiger partial charge in [-0.15, -0.1) is 11.3 Å². The van der Waals surface area contributed by atoms with Gasteiger partial charge >= 0.3 is 6.09 Å². The Morgan fingerprint density at radius 2 is 2.26 bits per heavy atom. The van der Waals surface area contributed by atoms with Crippen LogP contribution in [0.1, 0.15) is 37.9 Å². The topological polar surface area (TPSA) is 62.7 Å². The van der Waals surface area contributed by atoms with Crippen LogP contribution in [0.3, 0.4) is 0 Å². The minimum absolute atomic E-state index is 0.245. The summed E-state index contributed by atoms with van der Waals surface area (Å²) in [4.78, 5) is 17.8. The second-order valence-electron chi connectivity index (χ2n) is 5.98. The molecule has 1 atom stereocenters. The molecule has 1 amide bonds. The van der Waals surface area contributed by atoms with Gasteiger partial charge in [0.2, 0.25) is 0 Å². The Kier molecular flexibility index (Phi) is 3.57. The van der Waals surface area contributed by atoms with Gasteiger partial charge in [0.05, 0.1) is 6.54 Å². The molecule has 1 aliphatic heterocycles. The van der Waals surface area contributed by atoms with Gasteiger partial charge in [-0.3, -0.25) is 0 Å². The Balaban J connectivity index is 2.05. The molecule has 1 aromatic heterocycles. The Morgan fingerprint density at radius 3 is 2.79 bits per heavy atom. The van der Waals surface area contributed by atoms with E-state index in [2.05, 4.69) is 4.98 Å². The number of likely N-dealkylation sites (tertiary alicyclic amines) is 1. The molecule has 2 rings (SSSR count). The van der Waals surface area contributed by atoms with Crippen molar-refractivity contribution in [3.63, 3.8) is 0 Å². The maximum Gasteiger partial charge on any atom is 0.410 e. The van der Waals surface area contributed by atoms with E-state index in [1.165, 1.54) is 11.3 Å². The number of hydrogen-bond acceptors (Lipinski definition) is 5. The molecule has 2 heterocycles. The summed E-state index contributed by atoms with van der Waals surface area (Å²) < 4.78 is 5.31. The molecule has 5 nitrogen and oxygen atoms in total. The maximum atomic E-state index is 12.0. The van der Waals surface area contributed by atoms with E-state index in [1.807, 2.05) is 33.1 Å². The van der Waals surface area contributed by atoms with Gasteiger partial charge in [-0.25, -0.2) is 9.78 Å². The van der Waals surface area contributed by atoms with Crippen molar-refractivity contribution in [2.45, 2.75) is 45.3 Å². The number of carbonyl (C=O) groups is 1. The van der Waals surface area contributed by atoms with Crippen LogP contribution < -0.4 is 0 Å². The van der Waals surface area contributed by atoms with E-state index in [0.717, 1.165) is 5.69 Å². The van der Waals surface area contributed by atoms with Crippen LogP contribution in [0.15, 0.2) is 5.38 Å². The van der Waals surface area contributed by atoms with Crippen LogP contribution in [0.4, 0.5) is 4.79 Å². The van der Waals surface area contributed by atoms with E-state index in [0.29, 0.717) is 18.0 Å². The fourth-order valence-corrected chi connectivity index (χ4v) is 2.94. The molecule has 1 aromatic rings. The summed E-state index contributed by atoms with van der Waals surface area (Å²) in [6.07, 6.45) is 0.121. The lowest BCUT2D eigenvalue weighted by molar-refractivity contribution is 0.0139. The number of carbonyl (C=O) groups excluding carboxylic acids is 1. The van der Waals surface area contributed by atoms with Crippen LogP contribution in [0.5, 0.6) is 0 Å². The summed E-state index contributed by atoms with van der Waals surface area (Å²) in [6, 6.07) is 0. The van der Waals surface area contributed by atoms with Crippen molar-refractivity contribution in [2.24, 2.45) is 0 Å². The molecule has 0 aliphatic carbocycles. The number of ether oxygens (including phenoxy) is 1. The van der Waals surface area contributed by atoms with Gasteiger partial charge in [-0.1, -0.05) is 0 Å². The zero-order chi connectivity index (χ0) is 14.3. The molecule has 0 bridgehead atoms. The van der Waals surface area contributed by atoms with Crippen LogP contribution in [-0.4, -0.2) is 39.8 Å². The number of amides is 1. The van der Waals surface area contributed by atoms with Gasteiger partial charge in [0.15, 0.2) is 0 Å². The SMILES string of the molecule is Cc1csc(C2(O)CCN(C(=O)OC(C)(C)C)C2)n1. The number of β-amino-alcohol motifs (C(OH)–C–C–N with tert-alkyl or cyclic N) is 1. The maximum absolute atomic E-state index is 12.0. The van der Waals surface area contributed by atoms with Crippen molar-refractivity contribution in [2.75, 3.05) is 13.1 Å². The number of aromatic nitrogens is 1. The highest BCUT2D eigenvalue weighted by Crippen LogP contribution is 2.34. The van der Waals surface area contributed by atoms with Crippen LogP contribution in [0.25, 0.3) is 0 Å². The van der Waals surface area contributed by atoms with E-state index in [-0.39, 0.29) is 12.6 Å². The van der Waals surface area contributed by atoms with Gasteiger partial charge in [-0.05, 0) is 27.7 Å². The summed E-state index contributed by atoms with van der Waals surface area (Å²) in [7, 11) is 0. The fraction of sp³-hybridized carbons (Fsp3) is 0.692. The van der Waals surface area contributed by atoms with E-state index in [1.54, 1.807) is 4.90 Å². The lowest BCUT2D eigenvalue weighted by atomic mass is 10.1.